The van der Waals surface area contributed by atoms with Crippen molar-refractivity contribution >= 4 is 11.8 Å². The fourth-order valence-electron chi connectivity index (χ4n) is 3.23. The van der Waals surface area contributed by atoms with E-state index >= 15 is 0 Å². The number of imidazole rings is 1. The Bertz CT molecular complexity index is 772. The summed E-state index contributed by atoms with van der Waals surface area (Å²) in [5, 5.41) is 2.93. The molecule has 0 spiro atoms. The van der Waals surface area contributed by atoms with E-state index in [9.17, 15) is 14.0 Å². The van der Waals surface area contributed by atoms with Crippen LogP contribution in [0.4, 0.5) is 4.39 Å². The summed E-state index contributed by atoms with van der Waals surface area (Å²) in [7, 11) is 0. The van der Waals surface area contributed by atoms with Gasteiger partial charge >= 0.3 is 0 Å². The first kappa shape index (κ1) is 18.1. The lowest BCUT2D eigenvalue weighted by atomic mass is 10.1. The quantitative estimate of drug-likeness (QED) is 0.817. The largest absolute Gasteiger partial charge is 0.350 e. The van der Waals surface area contributed by atoms with E-state index < -0.39 is 0 Å². The molecule has 2 amide bonds. The molecule has 1 N–H and O–H groups in total. The molecule has 0 bridgehead atoms. The molecular formula is C19H23FN4O2. The van der Waals surface area contributed by atoms with Crippen LogP contribution in [-0.2, 0) is 29.0 Å². The Kier molecular flexibility index (Phi) is 5.65. The second-order valence-electron chi connectivity index (χ2n) is 6.51. The van der Waals surface area contributed by atoms with Crippen LogP contribution in [0.25, 0.3) is 0 Å². The first-order valence-electron chi connectivity index (χ1n) is 8.86. The number of carbonyl (C=O) groups excluding carboxylic acids is 2. The summed E-state index contributed by atoms with van der Waals surface area (Å²) in [6, 6.07) is 6.13. The van der Waals surface area contributed by atoms with E-state index in [1.807, 2.05) is 11.5 Å². The third-order valence-electron chi connectivity index (χ3n) is 4.60. The van der Waals surface area contributed by atoms with Gasteiger partial charge in [-0.05, 0) is 24.1 Å². The van der Waals surface area contributed by atoms with E-state index in [0.717, 1.165) is 17.8 Å². The van der Waals surface area contributed by atoms with Gasteiger partial charge in [0.2, 0.25) is 11.8 Å². The zero-order valence-corrected chi connectivity index (χ0v) is 14.8. The Morgan fingerprint density at radius 3 is 2.85 bits per heavy atom. The molecule has 1 unspecified atom stereocenters. The number of nitrogens with one attached hydrogen (secondary N) is 1. The van der Waals surface area contributed by atoms with Crippen LogP contribution < -0.4 is 5.32 Å². The van der Waals surface area contributed by atoms with Crippen molar-refractivity contribution in [3.05, 3.63) is 53.9 Å². The summed E-state index contributed by atoms with van der Waals surface area (Å²) in [4.78, 5) is 30.3. The van der Waals surface area contributed by atoms with E-state index in [-0.39, 0.29) is 30.2 Å². The normalized spacial score (nSPS) is 16.9. The topological polar surface area (TPSA) is 67.2 Å². The van der Waals surface area contributed by atoms with Gasteiger partial charge in [-0.2, -0.15) is 0 Å². The molecule has 6 nitrogen and oxygen atoms in total. The van der Waals surface area contributed by atoms with Crippen molar-refractivity contribution in [2.45, 2.75) is 38.8 Å². The molecule has 7 heteroatoms. The summed E-state index contributed by atoms with van der Waals surface area (Å²) < 4.78 is 14.8. The van der Waals surface area contributed by atoms with E-state index in [1.165, 1.54) is 12.1 Å². The molecule has 1 saturated heterocycles. The van der Waals surface area contributed by atoms with Crippen LogP contribution >= 0.6 is 0 Å². The fourth-order valence-corrected chi connectivity index (χ4v) is 3.23. The van der Waals surface area contributed by atoms with Gasteiger partial charge in [-0.3, -0.25) is 9.59 Å². The summed E-state index contributed by atoms with van der Waals surface area (Å²) in [5.74, 6) is 0.520. The second kappa shape index (κ2) is 8.12. The first-order chi connectivity index (χ1) is 12.5. The minimum atomic E-state index is -0.266. The molecule has 26 heavy (non-hydrogen) atoms. The molecule has 1 aromatic heterocycles. The van der Waals surface area contributed by atoms with E-state index in [4.69, 9.17) is 0 Å². The minimum Gasteiger partial charge on any atom is -0.350 e. The number of hydrogen-bond acceptors (Lipinski definition) is 3. The fraction of sp³-hybridized carbons (Fsp3) is 0.421. The standard InChI is InChI=1S/C19H23FN4O2/c1-2-17-21-8-10-23(17)13-18(25)22-16-11-19(26)24(12-16)9-7-14-3-5-15(20)6-4-14/h3-6,8,10,16H,2,7,9,11-13H2,1H3,(H,22,25). The van der Waals surface area contributed by atoms with Gasteiger partial charge in [-0.15, -0.1) is 0 Å². The number of halogens is 1. The molecule has 0 aliphatic carbocycles. The van der Waals surface area contributed by atoms with Crippen molar-refractivity contribution in [1.29, 1.82) is 0 Å². The summed E-state index contributed by atoms with van der Waals surface area (Å²) in [6.45, 7) is 3.28. The van der Waals surface area contributed by atoms with E-state index in [1.54, 1.807) is 29.4 Å². The van der Waals surface area contributed by atoms with Gasteiger partial charge < -0.3 is 14.8 Å². The maximum atomic E-state index is 12.9. The highest BCUT2D eigenvalue weighted by atomic mass is 19.1. The van der Waals surface area contributed by atoms with Crippen molar-refractivity contribution < 1.29 is 14.0 Å². The second-order valence-corrected chi connectivity index (χ2v) is 6.51. The molecule has 2 aromatic rings. The van der Waals surface area contributed by atoms with Crippen LogP contribution in [0.1, 0.15) is 24.7 Å². The van der Waals surface area contributed by atoms with E-state index in [2.05, 4.69) is 10.3 Å². The SMILES string of the molecule is CCc1nccn1CC(=O)NC1CC(=O)N(CCc2ccc(F)cc2)C1. The van der Waals surface area contributed by atoms with Gasteiger partial charge in [0.25, 0.3) is 0 Å². The van der Waals surface area contributed by atoms with Crippen molar-refractivity contribution in [2.75, 3.05) is 13.1 Å². The van der Waals surface area contributed by atoms with Gasteiger partial charge in [0.15, 0.2) is 0 Å². The maximum Gasteiger partial charge on any atom is 0.240 e. The van der Waals surface area contributed by atoms with Crippen molar-refractivity contribution in [3.63, 3.8) is 0 Å². The molecule has 3 rings (SSSR count). The van der Waals surface area contributed by atoms with Gasteiger partial charge in [0, 0.05) is 38.3 Å². The van der Waals surface area contributed by atoms with Crippen LogP contribution in [-0.4, -0.2) is 45.4 Å². The molecule has 1 aromatic carbocycles. The number of aryl methyl sites for hydroxylation is 1. The average molecular weight is 358 g/mol. The highest BCUT2D eigenvalue weighted by Gasteiger charge is 2.30. The van der Waals surface area contributed by atoms with Crippen LogP contribution in [0.5, 0.6) is 0 Å². The lowest BCUT2D eigenvalue weighted by molar-refractivity contribution is -0.127. The van der Waals surface area contributed by atoms with Crippen molar-refractivity contribution in [1.82, 2.24) is 19.8 Å². The Hall–Kier alpha value is -2.70. The first-order valence-corrected chi connectivity index (χ1v) is 8.86. The lowest BCUT2D eigenvalue weighted by Gasteiger charge is -2.17. The third-order valence-corrected chi connectivity index (χ3v) is 4.60. The molecule has 1 fully saturated rings. The molecule has 1 aliphatic rings. The molecule has 1 aliphatic heterocycles. The predicted octanol–water partition coefficient (Wildman–Crippen LogP) is 1.54. The van der Waals surface area contributed by atoms with Crippen molar-refractivity contribution in [2.24, 2.45) is 0 Å². The Morgan fingerprint density at radius 2 is 2.12 bits per heavy atom. The Labute approximate surface area is 152 Å². The lowest BCUT2D eigenvalue weighted by Crippen LogP contribution is -2.39. The smallest absolute Gasteiger partial charge is 0.240 e. The van der Waals surface area contributed by atoms with Crippen molar-refractivity contribution in [3.8, 4) is 0 Å². The number of benzene rings is 1. The molecular weight excluding hydrogens is 335 g/mol. The molecule has 1 atom stereocenters. The van der Waals surface area contributed by atoms with Crippen LogP contribution in [0.2, 0.25) is 0 Å². The monoisotopic (exact) mass is 358 g/mol. The third kappa shape index (κ3) is 4.47. The van der Waals surface area contributed by atoms with Crippen LogP contribution in [0, 0.1) is 5.82 Å². The van der Waals surface area contributed by atoms with Gasteiger partial charge in [-0.25, -0.2) is 9.37 Å². The molecule has 0 saturated carbocycles. The molecule has 138 valence electrons. The Balaban J connectivity index is 1.48. The summed E-state index contributed by atoms with van der Waals surface area (Å²) in [6.07, 6.45) is 5.22. The molecule has 2 heterocycles. The highest BCUT2D eigenvalue weighted by Crippen LogP contribution is 2.13. The summed E-state index contributed by atoms with van der Waals surface area (Å²) >= 11 is 0. The van der Waals surface area contributed by atoms with Crippen LogP contribution in [0.3, 0.4) is 0 Å². The number of hydrogen-bond donors (Lipinski definition) is 1. The minimum absolute atomic E-state index is 0.0364. The van der Waals surface area contributed by atoms with Gasteiger partial charge in [-0.1, -0.05) is 19.1 Å². The zero-order chi connectivity index (χ0) is 18.5. The number of aromatic nitrogens is 2. The maximum absolute atomic E-state index is 12.9. The highest BCUT2D eigenvalue weighted by molar-refractivity contribution is 5.82. The number of carbonyl (C=O) groups is 2. The number of rotatable bonds is 7. The zero-order valence-electron chi connectivity index (χ0n) is 14.8. The van der Waals surface area contributed by atoms with Gasteiger partial charge in [0.1, 0.15) is 18.2 Å². The number of nitrogens with zero attached hydrogens (tertiary/aromatic N) is 3. The number of amides is 2. The van der Waals surface area contributed by atoms with Gasteiger partial charge in [0.05, 0.1) is 6.04 Å². The molecule has 0 radical (unpaired) electrons. The average Bonchev–Trinajstić information content (AvgIpc) is 3.20. The predicted molar refractivity (Wildman–Crippen MR) is 94.8 cm³/mol. The number of likely N-dealkylation sites (tertiary alicyclic amines) is 1. The Morgan fingerprint density at radius 1 is 1.35 bits per heavy atom. The summed E-state index contributed by atoms with van der Waals surface area (Å²) in [5.41, 5.74) is 0.985. The van der Waals surface area contributed by atoms with Crippen LogP contribution in [0.15, 0.2) is 36.7 Å². The van der Waals surface area contributed by atoms with E-state index in [0.29, 0.717) is 25.9 Å².